The van der Waals surface area contributed by atoms with Crippen LogP contribution in [0.5, 0.6) is 5.75 Å². The molecule has 0 spiro atoms. The van der Waals surface area contributed by atoms with E-state index in [1.165, 1.54) is 22.5 Å². The number of para-hydroxylation sites is 1. The van der Waals surface area contributed by atoms with Crippen molar-refractivity contribution < 1.29 is 9.53 Å². The summed E-state index contributed by atoms with van der Waals surface area (Å²) in [7, 11) is 0. The first kappa shape index (κ1) is 22.5. The van der Waals surface area contributed by atoms with Gasteiger partial charge in [0, 0.05) is 5.56 Å². The van der Waals surface area contributed by atoms with Gasteiger partial charge >= 0.3 is 0 Å². The minimum Gasteiger partial charge on any atom is -0.488 e. The summed E-state index contributed by atoms with van der Waals surface area (Å²) in [6.45, 7) is 0.421. The van der Waals surface area contributed by atoms with E-state index in [-0.39, 0.29) is 5.91 Å². The van der Waals surface area contributed by atoms with Crippen LogP contribution in [0.25, 0.3) is 16.8 Å². The number of amides is 1. The first-order valence-corrected chi connectivity index (χ1v) is 12.1. The van der Waals surface area contributed by atoms with Crippen molar-refractivity contribution in [2.45, 2.75) is 6.61 Å². The molecule has 4 aromatic carbocycles. The van der Waals surface area contributed by atoms with Gasteiger partial charge in [-0.1, -0.05) is 83.9 Å². The fraction of sp³-hybridized carbons (Fsp3) is 0.0370. The van der Waals surface area contributed by atoms with Crippen molar-refractivity contribution in [3.05, 3.63) is 111 Å². The van der Waals surface area contributed by atoms with E-state index in [0.717, 1.165) is 11.1 Å². The predicted molar refractivity (Wildman–Crippen MR) is 142 cm³/mol. The Morgan fingerprint density at radius 2 is 1.71 bits per heavy atom. The van der Waals surface area contributed by atoms with Crippen LogP contribution in [0.4, 0.5) is 5.69 Å². The summed E-state index contributed by atoms with van der Waals surface area (Å²) in [6.07, 6.45) is 1.80. The number of aliphatic imine (C=N–C) groups is 1. The lowest BCUT2D eigenvalue weighted by atomic mass is 10.1. The number of carbonyl (C=O) groups excluding carboxylic acids is 1. The highest BCUT2D eigenvalue weighted by Gasteiger charge is 2.24. The fourth-order valence-electron chi connectivity index (χ4n) is 3.53. The molecule has 1 fully saturated rings. The van der Waals surface area contributed by atoms with E-state index in [1.54, 1.807) is 24.3 Å². The van der Waals surface area contributed by atoms with Gasteiger partial charge in [-0.05, 0) is 58.4 Å². The van der Waals surface area contributed by atoms with Gasteiger partial charge in [0.1, 0.15) is 12.4 Å². The molecular weight excluding hydrogens is 487 g/mol. The molecular formula is C27H18Cl2N2O2S. The van der Waals surface area contributed by atoms with Gasteiger partial charge in [0.15, 0.2) is 5.17 Å². The van der Waals surface area contributed by atoms with Gasteiger partial charge in [-0.15, -0.1) is 0 Å². The molecule has 0 atom stereocenters. The molecule has 0 aliphatic carbocycles. The summed E-state index contributed by atoms with van der Waals surface area (Å²) < 4.78 is 6.12. The van der Waals surface area contributed by atoms with E-state index < -0.39 is 0 Å². The number of halogens is 2. The summed E-state index contributed by atoms with van der Waals surface area (Å²) >= 11 is 13.5. The van der Waals surface area contributed by atoms with Crippen molar-refractivity contribution in [1.29, 1.82) is 0 Å². The summed E-state index contributed by atoms with van der Waals surface area (Å²) in [6, 6.07) is 27.3. The maximum atomic E-state index is 12.6. The second-order valence-corrected chi connectivity index (χ2v) is 9.38. The van der Waals surface area contributed by atoms with Crippen LogP contribution >= 0.6 is 35.0 Å². The van der Waals surface area contributed by atoms with Crippen molar-refractivity contribution in [2.24, 2.45) is 4.99 Å². The maximum Gasteiger partial charge on any atom is 0.264 e. The molecule has 1 aliphatic rings. The van der Waals surface area contributed by atoms with E-state index in [2.05, 4.69) is 40.6 Å². The molecule has 0 unspecified atom stereocenters. The Morgan fingerprint density at radius 1 is 0.912 bits per heavy atom. The van der Waals surface area contributed by atoms with Crippen molar-refractivity contribution in [3.63, 3.8) is 0 Å². The summed E-state index contributed by atoms with van der Waals surface area (Å²) in [5, 5.41) is 6.33. The lowest BCUT2D eigenvalue weighted by Crippen LogP contribution is -2.19. The third kappa shape index (κ3) is 4.97. The minimum atomic E-state index is -0.230. The first-order valence-electron chi connectivity index (χ1n) is 10.5. The highest BCUT2D eigenvalue weighted by Crippen LogP contribution is 2.35. The summed E-state index contributed by atoms with van der Waals surface area (Å²) in [5.41, 5.74) is 2.38. The topological polar surface area (TPSA) is 50.7 Å². The number of amidine groups is 1. The summed E-state index contributed by atoms with van der Waals surface area (Å²) in [5.74, 6) is 0.464. The first-order chi connectivity index (χ1) is 16.6. The monoisotopic (exact) mass is 504 g/mol. The van der Waals surface area contributed by atoms with Crippen LogP contribution in [0, 0.1) is 0 Å². The Bertz CT molecular complexity index is 1470. The molecule has 5 rings (SSSR count). The van der Waals surface area contributed by atoms with E-state index in [9.17, 15) is 4.79 Å². The van der Waals surface area contributed by atoms with Crippen LogP contribution in [-0.2, 0) is 11.4 Å². The van der Waals surface area contributed by atoms with Crippen LogP contribution in [0.15, 0.2) is 94.8 Å². The molecule has 1 heterocycles. The quantitative estimate of drug-likeness (QED) is 0.284. The van der Waals surface area contributed by atoms with Crippen molar-refractivity contribution in [2.75, 3.05) is 0 Å². The molecule has 0 aromatic heterocycles. The van der Waals surface area contributed by atoms with Crippen molar-refractivity contribution in [3.8, 4) is 5.75 Å². The lowest BCUT2D eigenvalue weighted by Gasteiger charge is -2.10. The van der Waals surface area contributed by atoms with Gasteiger partial charge in [0.2, 0.25) is 0 Å². The molecule has 0 bridgehead atoms. The van der Waals surface area contributed by atoms with Crippen LogP contribution < -0.4 is 10.1 Å². The Hall–Kier alpha value is -3.25. The van der Waals surface area contributed by atoms with Crippen LogP contribution in [0.3, 0.4) is 0 Å². The van der Waals surface area contributed by atoms with E-state index >= 15 is 0 Å². The second kappa shape index (κ2) is 9.94. The molecule has 1 aliphatic heterocycles. The molecule has 1 amide bonds. The second-order valence-electron chi connectivity index (χ2n) is 7.56. The molecule has 4 aromatic rings. The number of rotatable bonds is 5. The van der Waals surface area contributed by atoms with Gasteiger partial charge in [-0.2, -0.15) is 0 Å². The Morgan fingerprint density at radius 3 is 2.59 bits per heavy atom. The SMILES string of the molecule is O=C1NC(=Nc2cccc(Cl)c2Cl)S/C1=C/c1ccccc1OCc1ccc2ccccc2c1. The zero-order chi connectivity index (χ0) is 23.5. The normalized spacial score (nSPS) is 15.8. The number of ether oxygens (including phenoxy) is 1. The Kier molecular flexibility index (Phi) is 6.59. The molecule has 34 heavy (non-hydrogen) atoms. The number of thioether (sulfide) groups is 1. The highest BCUT2D eigenvalue weighted by atomic mass is 35.5. The number of nitrogens with zero attached hydrogens (tertiary/aromatic N) is 1. The zero-order valence-corrected chi connectivity index (χ0v) is 20.1. The zero-order valence-electron chi connectivity index (χ0n) is 17.8. The average molecular weight is 505 g/mol. The van der Waals surface area contributed by atoms with Crippen molar-refractivity contribution >= 4 is 68.6 Å². The van der Waals surface area contributed by atoms with Crippen molar-refractivity contribution in [1.82, 2.24) is 5.32 Å². The number of benzene rings is 4. The standard InChI is InChI=1S/C27H18Cl2N2O2S/c28-21-9-5-10-22(25(21)29)30-27-31-26(32)24(34-27)15-20-8-3-4-11-23(20)33-16-17-12-13-18-6-1-2-7-19(18)14-17/h1-15H,16H2,(H,30,31,32)/b24-15+. The van der Waals surface area contributed by atoms with E-state index in [1.807, 2.05) is 36.4 Å². The van der Waals surface area contributed by atoms with Gasteiger partial charge in [0.05, 0.1) is 20.6 Å². The van der Waals surface area contributed by atoms with Crippen LogP contribution in [-0.4, -0.2) is 11.1 Å². The molecule has 4 nitrogen and oxygen atoms in total. The van der Waals surface area contributed by atoms with Crippen LogP contribution in [0.2, 0.25) is 10.0 Å². The predicted octanol–water partition coefficient (Wildman–Crippen LogP) is 7.62. The van der Waals surface area contributed by atoms with Gasteiger partial charge in [0.25, 0.3) is 5.91 Å². The molecule has 1 saturated heterocycles. The smallest absolute Gasteiger partial charge is 0.264 e. The molecule has 1 N–H and O–H groups in total. The van der Waals surface area contributed by atoms with Gasteiger partial charge in [-0.3, -0.25) is 4.79 Å². The molecule has 0 saturated carbocycles. The number of nitrogens with one attached hydrogen (secondary N) is 1. The molecule has 7 heteroatoms. The number of hydrogen-bond acceptors (Lipinski definition) is 4. The van der Waals surface area contributed by atoms with Gasteiger partial charge in [-0.25, -0.2) is 4.99 Å². The molecule has 168 valence electrons. The number of carbonyl (C=O) groups is 1. The Labute approximate surface area is 211 Å². The molecule has 0 radical (unpaired) electrons. The van der Waals surface area contributed by atoms with E-state index in [4.69, 9.17) is 27.9 Å². The third-order valence-electron chi connectivity index (χ3n) is 5.22. The Balaban J connectivity index is 1.35. The highest BCUT2D eigenvalue weighted by molar-refractivity contribution is 8.18. The largest absolute Gasteiger partial charge is 0.488 e. The van der Waals surface area contributed by atoms with Gasteiger partial charge < -0.3 is 10.1 Å². The fourth-order valence-corrected chi connectivity index (χ4v) is 4.69. The minimum absolute atomic E-state index is 0.230. The van der Waals surface area contributed by atoms with E-state index in [0.29, 0.717) is 38.2 Å². The lowest BCUT2D eigenvalue weighted by molar-refractivity contribution is -0.115. The number of fused-ring (bicyclic) bond motifs is 1. The average Bonchev–Trinajstić information content (AvgIpc) is 3.19. The summed E-state index contributed by atoms with van der Waals surface area (Å²) in [4.78, 5) is 17.5. The third-order valence-corrected chi connectivity index (χ3v) is 6.94. The van der Waals surface area contributed by atoms with Crippen LogP contribution in [0.1, 0.15) is 11.1 Å². The maximum absolute atomic E-state index is 12.6. The number of hydrogen-bond donors (Lipinski definition) is 1.